The monoisotopic (exact) mass is 318 g/mol. The van der Waals surface area contributed by atoms with Gasteiger partial charge in [0, 0.05) is 0 Å². The van der Waals surface area contributed by atoms with Gasteiger partial charge in [0.2, 0.25) is 0 Å². The molecule has 0 unspecified atom stereocenters. The van der Waals surface area contributed by atoms with Crippen LogP contribution in [0.4, 0.5) is 0 Å². The average molecular weight is 319 g/mol. The second-order valence-corrected chi connectivity index (χ2v) is 7.00. The van der Waals surface area contributed by atoms with E-state index in [-0.39, 0.29) is 0 Å². The van der Waals surface area contributed by atoms with Crippen LogP contribution < -0.4 is 10.5 Å². The van der Waals surface area contributed by atoms with Crippen molar-refractivity contribution in [2.45, 2.75) is 58.3 Å². The van der Waals surface area contributed by atoms with E-state index >= 15 is 0 Å². The number of unbranched alkanes of at least 4 members (excludes halogenated alkanes) is 1. The minimum atomic E-state index is 0.549. The lowest BCUT2D eigenvalue weighted by molar-refractivity contribution is 0.207. The molecular weight excluding hydrogens is 284 g/mol. The topological polar surface area (TPSA) is 38.5 Å². The van der Waals surface area contributed by atoms with Crippen molar-refractivity contribution in [2.24, 2.45) is 5.73 Å². The Labute approximate surface area is 142 Å². The standard InChI is InChI=1S/C20H34N2O/c1-4-23-20-15-18(16(2)3)7-8-19(20)17-9-13-22(14-10-17)12-6-5-11-21/h7-8,15-17H,4-6,9-14,21H2,1-3H3. The summed E-state index contributed by atoms with van der Waals surface area (Å²) in [5.41, 5.74) is 8.37. The van der Waals surface area contributed by atoms with Crippen LogP contribution in [0.3, 0.4) is 0 Å². The van der Waals surface area contributed by atoms with Crippen molar-refractivity contribution >= 4 is 0 Å². The molecule has 1 aromatic rings. The molecule has 130 valence electrons. The number of ether oxygens (including phenoxy) is 1. The number of rotatable bonds is 8. The smallest absolute Gasteiger partial charge is 0.123 e. The Bertz CT molecular complexity index is 465. The van der Waals surface area contributed by atoms with E-state index in [1.165, 1.54) is 50.0 Å². The van der Waals surface area contributed by atoms with Crippen molar-refractivity contribution in [2.75, 3.05) is 32.8 Å². The van der Waals surface area contributed by atoms with E-state index in [1.54, 1.807) is 0 Å². The molecule has 0 aromatic heterocycles. The second-order valence-electron chi connectivity index (χ2n) is 7.00. The van der Waals surface area contributed by atoms with Crippen LogP contribution in [0.5, 0.6) is 5.75 Å². The molecule has 1 fully saturated rings. The summed E-state index contributed by atoms with van der Waals surface area (Å²) in [6.45, 7) is 11.7. The number of nitrogens with zero attached hydrogens (tertiary/aromatic N) is 1. The van der Waals surface area contributed by atoms with E-state index in [0.717, 1.165) is 25.3 Å². The van der Waals surface area contributed by atoms with Crippen LogP contribution in [0.15, 0.2) is 18.2 Å². The molecule has 3 nitrogen and oxygen atoms in total. The van der Waals surface area contributed by atoms with Gasteiger partial charge in [0.05, 0.1) is 6.61 Å². The molecule has 0 bridgehead atoms. The molecule has 1 heterocycles. The van der Waals surface area contributed by atoms with Gasteiger partial charge in [0.1, 0.15) is 5.75 Å². The maximum atomic E-state index is 5.96. The zero-order valence-corrected chi connectivity index (χ0v) is 15.2. The first-order valence-corrected chi connectivity index (χ1v) is 9.34. The summed E-state index contributed by atoms with van der Waals surface area (Å²) in [7, 11) is 0. The molecule has 0 saturated carbocycles. The van der Waals surface area contributed by atoms with E-state index < -0.39 is 0 Å². The number of benzene rings is 1. The van der Waals surface area contributed by atoms with E-state index in [9.17, 15) is 0 Å². The maximum absolute atomic E-state index is 5.96. The molecule has 0 amide bonds. The predicted octanol–water partition coefficient (Wildman–Crippen LogP) is 4.13. The summed E-state index contributed by atoms with van der Waals surface area (Å²) in [6, 6.07) is 6.86. The third-order valence-corrected chi connectivity index (χ3v) is 4.96. The maximum Gasteiger partial charge on any atom is 0.123 e. The van der Waals surface area contributed by atoms with Gasteiger partial charge < -0.3 is 15.4 Å². The molecule has 0 atom stereocenters. The first-order valence-electron chi connectivity index (χ1n) is 9.34. The minimum absolute atomic E-state index is 0.549. The van der Waals surface area contributed by atoms with Crippen molar-refractivity contribution in [1.82, 2.24) is 4.90 Å². The molecule has 1 saturated heterocycles. The second kappa shape index (κ2) is 9.29. The Morgan fingerprint density at radius 1 is 1.22 bits per heavy atom. The van der Waals surface area contributed by atoms with Gasteiger partial charge in [0.15, 0.2) is 0 Å². The Kier molecular flexibility index (Phi) is 7.38. The van der Waals surface area contributed by atoms with Gasteiger partial charge in [-0.2, -0.15) is 0 Å². The summed E-state index contributed by atoms with van der Waals surface area (Å²) in [5, 5.41) is 0. The number of hydrogen-bond donors (Lipinski definition) is 1. The fraction of sp³-hybridized carbons (Fsp3) is 0.700. The van der Waals surface area contributed by atoms with Crippen molar-refractivity contribution in [1.29, 1.82) is 0 Å². The number of piperidine rings is 1. The van der Waals surface area contributed by atoms with Gasteiger partial charge in [-0.15, -0.1) is 0 Å². The summed E-state index contributed by atoms with van der Waals surface area (Å²) < 4.78 is 5.96. The number of nitrogens with two attached hydrogens (primary N) is 1. The third-order valence-electron chi connectivity index (χ3n) is 4.96. The van der Waals surface area contributed by atoms with Crippen LogP contribution in [0.25, 0.3) is 0 Å². The third kappa shape index (κ3) is 5.22. The van der Waals surface area contributed by atoms with Gasteiger partial charge in [0.25, 0.3) is 0 Å². The van der Waals surface area contributed by atoms with Gasteiger partial charge in [-0.1, -0.05) is 26.0 Å². The SMILES string of the molecule is CCOc1cc(C(C)C)ccc1C1CCN(CCCCN)CC1. The van der Waals surface area contributed by atoms with E-state index in [0.29, 0.717) is 11.8 Å². The van der Waals surface area contributed by atoms with Crippen LogP contribution in [-0.2, 0) is 0 Å². The lowest BCUT2D eigenvalue weighted by Gasteiger charge is -2.33. The molecule has 2 N–H and O–H groups in total. The van der Waals surface area contributed by atoms with Gasteiger partial charge in [-0.05, 0) is 87.8 Å². The molecule has 2 rings (SSSR count). The summed E-state index contributed by atoms with van der Waals surface area (Å²) >= 11 is 0. The normalized spacial score (nSPS) is 16.9. The fourth-order valence-electron chi connectivity index (χ4n) is 3.48. The van der Waals surface area contributed by atoms with Crippen molar-refractivity contribution in [3.8, 4) is 5.75 Å². The molecule has 0 spiro atoms. The quantitative estimate of drug-likeness (QED) is 0.733. The molecule has 1 aromatic carbocycles. The van der Waals surface area contributed by atoms with Crippen molar-refractivity contribution in [3.05, 3.63) is 29.3 Å². The van der Waals surface area contributed by atoms with Crippen LogP contribution in [-0.4, -0.2) is 37.7 Å². The Morgan fingerprint density at radius 3 is 2.57 bits per heavy atom. The van der Waals surface area contributed by atoms with E-state index in [2.05, 4.69) is 43.9 Å². The molecule has 0 radical (unpaired) electrons. The average Bonchev–Trinajstić information content (AvgIpc) is 2.56. The molecular formula is C20H34N2O. The first-order chi connectivity index (χ1) is 11.2. The summed E-state index contributed by atoms with van der Waals surface area (Å²) in [4.78, 5) is 2.59. The molecule has 23 heavy (non-hydrogen) atoms. The van der Waals surface area contributed by atoms with Gasteiger partial charge in [-0.25, -0.2) is 0 Å². The highest BCUT2D eigenvalue weighted by atomic mass is 16.5. The Hall–Kier alpha value is -1.06. The zero-order valence-electron chi connectivity index (χ0n) is 15.2. The lowest BCUT2D eigenvalue weighted by atomic mass is 9.87. The predicted molar refractivity (Wildman–Crippen MR) is 98.4 cm³/mol. The highest BCUT2D eigenvalue weighted by molar-refractivity contribution is 5.41. The molecule has 1 aliphatic heterocycles. The Balaban J connectivity index is 1.99. The van der Waals surface area contributed by atoms with E-state index in [4.69, 9.17) is 10.5 Å². The largest absolute Gasteiger partial charge is 0.494 e. The van der Waals surface area contributed by atoms with Crippen LogP contribution in [0.1, 0.15) is 69.4 Å². The van der Waals surface area contributed by atoms with Crippen molar-refractivity contribution < 1.29 is 4.74 Å². The van der Waals surface area contributed by atoms with Crippen LogP contribution >= 0.6 is 0 Å². The highest BCUT2D eigenvalue weighted by Gasteiger charge is 2.23. The van der Waals surface area contributed by atoms with Gasteiger partial charge in [-0.3, -0.25) is 0 Å². The lowest BCUT2D eigenvalue weighted by Crippen LogP contribution is -2.34. The molecule has 1 aliphatic rings. The highest BCUT2D eigenvalue weighted by Crippen LogP contribution is 2.36. The Morgan fingerprint density at radius 2 is 1.96 bits per heavy atom. The fourth-order valence-corrected chi connectivity index (χ4v) is 3.48. The summed E-state index contributed by atoms with van der Waals surface area (Å²) in [5.74, 6) is 2.30. The summed E-state index contributed by atoms with van der Waals surface area (Å²) in [6.07, 6.45) is 4.85. The minimum Gasteiger partial charge on any atom is -0.494 e. The van der Waals surface area contributed by atoms with Gasteiger partial charge >= 0.3 is 0 Å². The first kappa shape index (κ1) is 18.3. The zero-order chi connectivity index (χ0) is 16.7. The number of hydrogen-bond acceptors (Lipinski definition) is 3. The van der Waals surface area contributed by atoms with Crippen molar-refractivity contribution in [3.63, 3.8) is 0 Å². The number of likely N-dealkylation sites (tertiary alicyclic amines) is 1. The van der Waals surface area contributed by atoms with Crippen LogP contribution in [0, 0.1) is 0 Å². The van der Waals surface area contributed by atoms with Crippen LogP contribution in [0.2, 0.25) is 0 Å². The molecule has 3 heteroatoms. The molecule has 0 aliphatic carbocycles. The van der Waals surface area contributed by atoms with E-state index in [1.807, 2.05) is 0 Å².